The molecular weight excluding hydrogens is 308 g/mol. The molecule has 0 bridgehead atoms. The average molecular weight is 340 g/mol. The lowest BCUT2D eigenvalue weighted by molar-refractivity contribution is -0.684. The van der Waals surface area contributed by atoms with Crippen LogP contribution in [0.4, 0.5) is 5.69 Å². The summed E-state index contributed by atoms with van der Waals surface area (Å²) in [5.74, 6) is 0.608. The van der Waals surface area contributed by atoms with Gasteiger partial charge in [0.25, 0.3) is 5.91 Å². The number of amides is 1. The summed E-state index contributed by atoms with van der Waals surface area (Å²) in [5, 5.41) is 2.97. The molecule has 0 saturated heterocycles. The van der Waals surface area contributed by atoms with Gasteiger partial charge in [0, 0.05) is 17.8 Å². The fourth-order valence-electron chi connectivity index (χ4n) is 3.11. The first kappa shape index (κ1) is 19.2. The Morgan fingerprint density at radius 2 is 1.64 bits per heavy atom. The van der Waals surface area contributed by atoms with Crippen molar-refractivity contribution in [1.29, 1.82) is 0 Å². The smallest absolute Gasteiger partial charge is 0.290 e. The van der Waals surface area contributed by atoms with Crippen LogP contribution in [0.2, 0.25) is 0 Å². The van der Waals surface area contributed by atoms with E-state index in [2.05, 4.69) is 50.4 Å². The van der Waals surface area contributed by atoms with E-state index in [1.165, 1.54) is 24.0 Å². The number of pyridine rings is 1. The number of hydrogen-bond donors (Lipinski definition) is 1. The largest absolute Gasteiger partial charge is 0.321 e. The monoisotopic (exact) mass is 339 g/mol. The molecule has 0 atom stereocenters. The molecule has 2 aromatic rings. The Kier molecular flexibility index (Phi) is 7.65. The third-order valence-electron chi connectivity index (χ3n) is 4.76. The summed E-state index contributed by atoms with van der Waals surface area (Å²) in [7, 11) is 0. The van der Waals surface area contributed by atoms with Gasteiger partial charge in [-0.15, -0.1) is 0 Å². The number of aromatic nitrogens is 1. The van der Waals surface area contributed by atoms with Crippen molar-refractivity contribution in [2.45, 2.75) is 65.3 Å². The Balaban J connectivity index is 1.89. The predicted octanol–water partition coefficient (Wildman–Crippen LogP) is 4.86. The van der Waals surface area contributed by atoms with Gasteiger partial charge in [0.2, 0.25) is 6.54 Å². The summed E-state index contributed by atoms with van der Waals surface area (Å²) >= 11 is 0. The van der Waals surface area contributed by atoms with E-state index < -0.39 is 0 Å². The van der Waals surface area contributed by atoms with Crippen LogP contribution in [0.25, 0.3) is 0 Å². The van der Waals surface area contributed by atoms with Crippen molar-refractivity contribution < 1.29 is 9.36 Å². The molecule has 0 aliphatic rings. The predicted molar refractivity (Wildman–Crippen MR) is 104 cm³/mol. The van der Waals surface area contributed by atoms with Crippen molar-refractivity contribution in [1.82, 2.24) is 0 Å². The molecular formula is C22H31N2O+. The van der Waals surface area contributed by atoms with Crippen molar-refractivity contribution >= 4 is 11.6 Å². The van der Waals surface area contributed by atoms with Gasteiger partial charge in [0.15, 0.2) is 12.4 Å². The lowest BCUT2D eigenvalue weighted by Gasteiger charge is -2.11. The van der Waals surface area contributed by atoms with Crippen LogP contribution in [-0.4, -0.2) is 5.91 Å². The van der Waals surface area contributed by atoms with Gasteiger partial charge in [-0.3, -0.25) is 4.79 Å². The van der Waals surface area contributed by atoms with Crippen LogP contribution < -0.4 is 9.88 Å². The lowest BCUT2D eigenvalue weighted by atomic mass is 9.95. The first-order valence-corrected chi connectivity index (χ1v) is 9.54. The third kappa shape index (κ3) is 6.00. The summed E-state index contributed by atoms with van der Waals surface area (Å²) in [6, 6.07) is 12.4. The van der Waals surface area contributed by atoms with Crippen molar-refractivity contribution in [2.24, 2.45) is 0 Å². The summed E-state index contributed by atoms with van der Waals surface area (Å²) in [6.45, 7) is 6.97. The molecule has 1 N–H and O–H groups in total. The number of nitrogens with one attached hydrogen (secondary N) is 1. The molecule has 0 fully saturated rings. The molecule has 1 aromatic heterocycles. The van der Waals surface area contributed by atoms with Crippen LogP contribution in [0.5, 0.6) is 0 Å². The van der Waals surface area contributed by atoms with E-state index in [-0.39, 0.29) is 5.91 Å². The van der Waals surface area contributed by atoms with Gasteiger partial charge in [-0.05, 0) is 54.9 Å². The van der Waals surface area contributed by atoms with Crippen molar-refractivity contribution in [2.75, 3.05) is 5.32 Å². The molecule has 25 heavy (non-hydrogen) atoms. The number of rotatable bonds is 9. The molecule has 1 aromatic carbocycles. The van der Waals surface area contributed by atoms with Gasteiger partial charge in [0.05, 0.1) is 0 Å². The van der Waals surface area contributed by atoms with Gasteiger partial charge in [0.1, 0.15) is 0 Å². The molecule has 134 valence electrons. The maximum atomic E-state index is 12.2. The zero-order chi connectivity index (χ0) is 18.1. The maximum Gasteiger partial charge on any atom is 0.290 e. The van der Waals surface area contributed by atoms with Crippen LogP contribution in [-0.2, 0) is 17.8 Å². The topological polar surface area (TPSA) is 33.0 Å². The second-order valence-electron chi connectivity index (χ2n) is 6.67. The molecule has 3 heteroatoms. The number of anilines is 1. The van der Waals surface area contributed by atoms with Crippen LogP contribution >= 0.6 is 0 Å². The average Bonchev–Trinajstić information content (AvgIpc) is 2.63. The minimum atomic E-state index is 0.00147. The molecule has 0 aliphatic carbocycles. The molecule has 0 unspecified atom stereocenters. The summed E-state index contributed by atoms with van der Waals surface area (Å²) in [5.41, 5.74) is 3.54. The first-order chi connectivity index (χ1) is 12.2. The molecule has 0 spiro atoms. The van der Waals surface area contributed by atoms with Crippen LogP contribution in [0, 0.1) is 0 Å². The Morgan fingerprint density at radius 3 is 2.20 bits per heavy atom. The van der Waals surface area contributed by atoms with E-state index in [0.717, 1.165) is 24.9 Å². The summed E-state index contributed by atoms with van der Waals surface area (Å²) in [6.07, 6.45) is 9.80. The van der Waals surface area contributed by atoms with Crippen LogP contribution in [0.1, 0.15) is 63.5 Å². The molecule has 1 heterocycles. The summed E-state index contributed by atoms with van der Waals surface area (Å²) in [4.78, 5) is 12.2. The molecule has 0 radical (unpaired) electrons. The van der Waals surface area contributed by atoms with E-state index in [9.17, 15) is 4.79 Å². The SMILES string of the molecule is CCCCc1ccc(NC(=O)C[n+]2ccc(C(CC)CC)cc2)cc1. The zero-order valence-corrected chi connectivity index (χ0v) is 15.8. The van der Waals surface area contributed by atoms with Gasteiger partial charge in [-0.1, -0.05) is 39.3 Å². The minimum Gasteiger partial charge on any atom is -0.321 e. The highest BCUT2D eigenvalue weighted by Crippen LogP contribution is 2.21. The number of aryl methyl sites for hydroxylation is 1. The third-order valence-corrected chi connectivity index (χ3v) is 4.76. The van der Waals surface area contributed by atoms with Crippen molar-refractivity contribution in [3.8, 4) is 0 Å². The zero-order valence-electron chi connectivity index (χ0n) is 15.8. The maximum absolute atomic E-state index is 12.2. The second-order valence-corrected chi connectivity index (χ2v) is 6.67. The van der Waals surface area contributed by atoms with E-state index in [1.54, 1.807) is 0 Å². The Hall–Kier alpha value is -2.16. The van der Waals surface area contributed by atoms with E-state index in [0.29, 0.717) is 12.5 Å². The number of carbonyl (C=O) groups is 1. The number of benzene rings is 1. The number of unbranched alkanes of at least 4 members (excludes halogenated alkanes) is 1. The highest BCUT2D eigenvalue weighted by Gasteiger charge is 2.12. The number of carbonyl (C=O) groups excluding carboxylic acids is 1. The van der Waals surface area contributed by atoms with Gasteiger partial charge in [-0.25, -0.2) is 0 Å². The van der Waals surface area contributed by atoms with Crippen molar-refractivity contribution in [3.63, 3.8) is 0 Å². The summed E-state index contributed by atoms with van der Waals surface area (Å²) < 4.78 is 1.93. The molecule has 2 rings (SSSR count). The number of hydrogen-bond acceptors (Lipinski definition) is 1. The van der Waals surface area contributed by atoms with Gasteiger partial charge < -0.3 is 5.32 Å². The second kappa shape index (κ2) is 9.97. The molecule has 3 nitrogen and oxygen atoms in total. The van der Waals surface area contributed by atoms with Crippen LogP contribution in [0.15, 0.2) is 48.8 Å². The number of nitrogens with zero attached hydrogens (tertiary/aromatic N) is 1. The van der Waals surface area contributed by atoms with Gasteiger partial charge >= 0.3 is 0 Å². The van der Waals surface area contributed by atoms with Crippen molar-refractivity contribution in [3.05, 3.63) is 59.9 Å². The normalized spacial score (nSPS) is 10.9. The van der Waals surface area contributed by atoms with E-state index in [4.69, 9.17) is 0 Å². The van der Waals surface area contributed by atoms with E-state index in [1.807, 2.05) is 29.1 Å². The Morgan fingerprint density at radius 1 is 1.00 bits per heavy atom. The molecule has 1 amide bonds. The van der Waals surface area contributed by atoms with E-state index >= 15 is 0 Å². The minimum absolute atomic E-state index is 0.00147. The van der Waals surface area contributed by atoms with Crippen LogP contribution in [0.3, 0.4) is 0 Å². The quantitative estimate of drug-likeness (QED) is 0.650. The fourth-order valence-corrected chi connectivity index (χ4v) is 3.11. The standard InChI is InChI=1S/C22H30N2O/c1-4-7-8-18-9-11-21(12-10-18)23-22(25)17-24-15-13-20(14-16-24)19(5-2)6-3/h9-16,19H,4-8,17H2,1-3H3/p+1. The molecule has 0 aliphatic heterocycles. The highest BCUT2D eigenvalue weighted by atomic mass is 16.1. The lowest BCUT2D eigenvalue weighted by Crippen LogP contribution is -2.39. The fraction of sp³-hybridized carbons (Fsp3) is 0.455. The van der Waals surface area contributed by atoms with Gasteiger partial charge in [-0.2, -0.15) is 4.57 Å². The molecule has 0 saturated carbocycles. The highest BCUT2D eigenvalue weighted by molar-refractivity contribution is 5.89. The Labute approximate surface area is 152 Å². The Bertz CT molecular complexity index is 643. The first-order valence-electron chi connectivity index (χ1n) is 9.54.